The van der Waals surface area contributed by atoms with E-state index in [1.165, 1.54) is 0 Å². The van der Waals surface area contributed by atoms with Crippen LogP contribution in [0, 0.1) is 13.8 Å². The summed E-state index contributed by atoms with van der Waals surface area (Å²) in [6.45, 7) is 10.7. The molecule has 2 heterocycles. The predicted octanol–water partition coefficient (Wildman–Crippen LogP) is 3.05. The number of hydrogen-bond donors (Lipinski definition) is 1. The van der Waals surface area contributed by atoms with Gasteiger partial charge in [0.25, 0.3) is 0 Å². The highest BCUT2D eigenvalue weighted by molar-refractivity contribution is 5.95. The lowest BCUT2D eigenvalue weighted by molar-refractivity contribution is 0.0697. The molecule has 1 N–H and O–H groups in total. The van der Waals surface area contributed by atoms with E-state index in [0.717, 1.165) is 29.9 Å². The van der Waals surface area contributed by atoms with Crippen LogP contribution < -0.4 is 0 Å². The largest absolute Gasteiger partial charge is 0.478 e. The van der Waals surface area contributed by atoms with Gasteiger partial charge in [-0.3, -0.25) is 9.36 Å². The molecule has 0 bridgehead atoms. The van der Waals surface area contributed by atoms with Crippen LogP contribution in [0.3, 0.4) is 0 Å². The Morgan fingerprint density at radius 3 is 2.48 bits per heavy atom. The van der Waals surface area contributed by atoms with E-state index in [-0.39, 0.29) is 11.6 Å². The van der Waals surface area contributed by atoms with Crippen molar-refractivity contribution in [2.24, 2.45) is 0 Å². The van der Waals surface area contributed by atoms with Crippen LogP contribution in [-0.4, -0.2) is 30.6 Å². The maximum atomic E-state index is 11.5. The second kappa shape index (κ2) is 5.71. The summed E-state index contributed by atoms with van der Waals surface area (Å²) in [4.78, 5) is 11.5. The van der Waals surface area contributed by atoms with Crippen molar-refractivity contribution in [2.75, 3.05) is 0 Å². The van der Waals surface area contributed by atoms with E-state index in [2.05, 4.69) is 17.1 Å². The van der Waals surface area contributed by atoms with Crippen molar-refractivity contribution in [3.63, 3.8) is 0 Å². The molecule has 2 rings (SSSR count). The Morgan fingerprint density at radius 2 is 2.00 bits per heavy atom. The summed E-state index contributed by atoms with van der Waals surface area (Å²) in [5.41, 5.74) is 3.34. The topological polar surface area (TPSA) is 72.9 Å². The Bertz CT molecular complexity index is 670. The number of rotatable bonds is 5. The average molecular weight is 290 g/mol. The fourth-order valence-electron chi connectivity index (χ4n) is 2.49. The zero-order chi connectivity index (χ0) is 15.7. The fourth-order valence-corrected chi connectivity index (χ4v) is 2.49. The zero-order valence-corrected chi connectivity index (χ0v) is 13.2. The van der Waals surface area contributed by atoms with Crippen LogP contribution in [0.15, 0.2) is 6.20 Å². The van der Waals surface area contributed by atoms with Crippen molar-refractivity contribution in [1.29, 1.82) is 0 Å². The minimum Gasteiger partial charge on any atom is -0.478 e. The van der Waals surface area contributed by atoms with Crippen molar-refractivity contribution in [3.05, 3.63) is 23.1 Å². The maximum absolute atomic E-state index is 11.5. The number of aryl methyl sites for hydroxylation is 2. The highest BCUT2D eigenvalue weighted by Gasteiger charge is 2.24. The van der Waals surface area contributed by atoms with E-state index >= 15 is 0 Å². The summed E-state index contributed by atoms with van der Waals surface area (Å²) in [5, 5.41) is 18.4. The Hall–Kier alpha value is -2.11. The van der Waals surface area contributed by atoms with Gasteiger partial charge in [0.05, 0.1) is 5.69 Å². The molecule has 2 aromatic heterocycles. The molecule has 114 valence electrons. The molecule has 0 aromatic carbocycles. The van der Waals surface area contributed by atoms with Gasteiger partial charge in [-0.25, -0.2) is 4.79 Å². The van der Waals surface area contributed by atoms with Gasteiger partial charge in [-0.15, -0.1) is 0 Å². The van der Waals surface area contributed by atoms with Gasteiger partial charge in [0.15, 0.2) is 0 Å². The first-order valence-corrected chi connectivity index (χ1v) is 7.27. The number of hydrogen-bond acceptors (Lipinski definition) is 3. The number of carbonyl (C=O) groups is 1. The molecule has 0 fully saturated rings. The van der Waals surface area contributed by atoms with E-state index in [4.69, 9.17) is 0 Å². The van der Waals surface area contributed by atoms with Crippen LogP contribution >= 0.6 is 0 Å². The number of aromatic carboxylic acids is 1. The number of carboxylic acids is 1. The first kappa shape index (κ1) is 15.3. The summed E-state index contributed by atoms with van der Waals surface area (Å²) in [7, 11) is 0. The molecular weight excluding hydrogens is 268 g/mol. The Kier molecular flexibility index (Phi) is 4.16. The molecule has 0 amide bonds. The van der Waals surface area contributed by atoms with E-state index in [0.29, 0.717) is 5.69 Å². The van der Waals surface area contributed by atoms with E-state index < -0.39 is 5.97 Å². The van der Waals surface area contributed by atoms with E-state index in [9.17, 15) is 9.90 Å². The van der Waals surface area contributed by atoms with Gasteiger partial charge in [0.2, 0.25) is 0 Å². The Morgan fingerprint density at radius 1 is 1.33 bits per heavy atom. The lowest BCUT2D eigenvalue weighted by atomic mass is 10.1. The van der Waals surface area contributed by atoms with Crippen molar-refractivity contribution in [3.8, 4) is 11.3 Å². The molecule has 0 saturated carbocycles. The summed E-state index contributed by atoms with van der Waals surface area (Å²) in [6.07, 6.45) is 2.51. The van der Waals surface area contributed by atoms with Gasteiger partial charge in [-0.2, -0.15) is 10.2 Å². The summed E-state index contributed by atoms with van der Waals surface area (Å²) in [5.74, 6) is -0.956. The van der Waals surface area contributed by atoms with Gasteiger partial charge >= 0.3 is 5.97 Å². The van der Waals surface area contributed by atoms with Gasteiger partial charge < -0.3 is 5.11 Å². The molecule has 6 nitrogen and oxygen atoms in total. The first-order valence-electron chi connectivity index (χ1n) is 7.27. The Labute approximate surface area is 124 Å². The minimum absolute atomic E-state index is 0.165. The lowest BCUT2D eigenvalue weighted by Gasteiger charge is -2.08. The van der Waals surface area contributed by atoms with Crippen LogP contribution in [0.5, 0.6) is 0 Å². The second-order valence-corrected chi connectivity index (χ2v) is 5.30. The van der Waals surface area contributed by atoms with Gasteiger partial charge in [0.1, 0.15) is 11.3 Å². The van der Waals surface area contributed by atoms with Crippen LogP contribution in [0.25, 0.3) is 11.3 Å². The lowest BCUT2D eigenvalue weighted by Crippen LogP contribution is -2.04. The molecular formula is C15H22N4O2. The number of nitrogens with zero attached hydrogens (tertiary/aromatic N) is 4. The normalized spacial score (nSPS) is 12.6. The predicted molar refractivity (Wildman–Crippen MR) is 80.6 cm³/mol. The molecule has 0 spiro atoms. The smallest absolute Gasteiger partial charge is 0.339 e. The maximum Gasteiger partial charge on any atom is 0.339 e. The van der Waals surface area contributed by atoms with Crippen molar-refractivity contribution < 1.29 is 9.90 Å². The molecule has 0 saturated heterocycles. The molecule has 2 aromatic rings. The summed E-state index contributed by atoms with van der Waals surface area (Å²) < 4.78 is 3.61. The van der Waals surface area contributed by atoms with Crippen LogP contribution in [0.2, 0.25) is 0 Å². The third-order valence-electron chi connectivity index (χ3n) is 3.92. The van der Waals surface area contributed by atoms with Gasteiger partial charge in [-0.1, -0.05) is 6.92 Å². The summed E-state index contributed by atoms with van der Waals surface area (Å²) >= 11 is 0. The highest BCUT2D eigenvalue weighted by atomic mass is 16.4. The second-order valence-electron chi connectivity index (χ2n) is 5.30. The van der Waals surface area contributed by atoms with Crippen LogP contribution in [0.1, 0.15) is 55.0 Å². The van der Waals surface area contributed by atoms with Crippen molar-refractivity contribution in [2.45, 2.75) is 53.6 Å². The third-order valence-corrected chi connectivity index (χ3v) is 3.92. The molecule has 0 aliphatic carbocycles. The molecule has 21 heavy (non-hydrogen) atoms. The number of carboxylic acid groups (broad SMARTS) is 1. The third kappa shape index (κ3) is 2.57. The molecule has 1 unspecified atom stereocenters. The molecule has 1 atom stereocenters. The van der Waals surface area contributed by atoms with Crippen molar-refractivity contribution >= 4 is 5.97 Å². The first-order chi connectivity index (χ1) is 9.90. The van der Waals surface area contributed by atoms with Gasteiger partial charge in [0, 0.05) is 30.0 Å². The van der Waals surface area contributed by atoms with E-state index in [1.54, 1.807) is 10.9 Å². The SMILES string of the molecule is CCC(C)n1cc(C(=O)O)c(-c2c(C)nn(CC)c2C)n1. The Balaban J connectivity index is 2.65. The standard InChI is InChI=1S/C15H22N4O2/c1-6-9(3)19-8-12(15(20)21)14(17-19)13-10(4)16-18(7-2)11(13)5/h8-9H,6-7H2,1-5H3,(H,20,21). The van der Waals surface area contributed by atoms with Crippen LogP contribution in [-0.2, 0) is 6.54 Å². The monoisotopic (exact) mass is 290 g/mol. The van der Waals surface area contributed by atoms with Crippen LogP contribution in [0.4, 0.5) is 0 Å². The van der Waals surface area contributed by atoms with Crippen molar-refractivity contribution in [1.82, 2.24) is 19.6 Å². The quantitative estimate of drug-likeness (QED) is 0.918. The summed E-state index contributed by atoms with van der Waals surface area (Å²) in [6, 6.07) is 0.165. The van der Waals surface area contributed by atoms with Gasteiger partial charge in [-0.05, 0) is 34.1 Å². The highest BCUT2D eigenvalue weighted by Crippen LogP contribution is 2.30. The van der Waals surface area contributed by atoms with E-state index in [1.807, 2.05) is 32.4 Å². The molecule has 0 aliphatic rings. The fraction of sp³-hybridized carbons (Fsp3) is 0.533. The molecule has 0 radical (unpaired) electrons. The minimum atomic E-state index is -0.956. The molecule has 0 aliphatic heterocycles. The zero-order valence-electron chi connectivity index (χ0n) is 13.2. The molecule has 6 heteroatoms. The average Bonchev–Trinajstić information content (AvgIpc) is 2.99. The number of aromatic nitrogens is 4.